The molecule has 3 rings (SSSR count). The summed E-state index contributed by atoms with van der Waals surface area (Å²) >= 11 is 3.42. The highest BCUT2D eigenvalue weighted by Gasteiger charge is 2.07. The van der Waals surface area contributed by atoms with Gasteiger partial charge in [-0.3, -0.25) is 0 Å². The maximum Gasteiger partial charge on any atom is 0.0999 e. The summed E-state index contributed by atoms with van der Waals surface area (Å²) in [6, 6.07) is 19.8. The van der Waals surface area contributed by atoms with Crippen LogP contribution in [0.15, 0.2) is 59.1 Å². The van der Waals surface area contributed by atoms with Gasteiger partial charge < -0.3 is 0 Å². The Bertz CT molecular complexity index is 789. The van der Waals surface area contributed by atoms with Gasteiger partial charge in [0.15, 0.2) is 0 Å². The molecule has 3 aromatic rings. The molecular formula is C16H9BrN2. The Morgan fingerprint density at radius 1 is 1.00 bits per heavy atom. The van der Waals surface area contributed by atoms with Crippen LogP contribution >= 0.6 is 15.9 Å². The van der Waals surface area contributed by atoms with Gasteiger partial charge >= 0.3 is 0 Å². The molecule has 1 heterocycles. The van der Waals surface area contributed by atoms with Gasteiger partial charge in [-0.15, -0.1) is 0 Å². The highest BCUT2D eigenvalue weighted by Crippen LogP contribution is 2.26. The Balaban J connectivity index is 2.30. The lowest BCUT2D eigenvalue weighted by Gasteiger charge is -2.05. The SMILES string of the molecule is N#Cc1cc(-c2ccccc2)nc2ccc(Br)cc12. The first-order valence-corrected chi connectivity index (χ1v) is 6.63. The van der Waals surface area contributed by atoms with E-state index in [4.69, 9.17) is 0 Å². The van der Waals surface area contributed by atoms with E-state index in [0.717, 1.165) is 26.6 Å². The van der Waals surface area contributed by atoms with E-state index in [-0.39, 0.29) is 0 Å². The lowest BCUT2D eigenvalue weighted by atomic mass is 10.1. The first-order chi connectivity index (χ1) is 9.28. The fourth-order valence-electron chi connectivity index (χ4n) is 2.05. The van der Waals surface area contributed by atoms with Gasteiger partial charge in [-0.25, -0.2) is 4.98 Å². The Morgan fingerprint density at radius 3 is 2.53 bits per heavy atom. The van der Waals surface area contributed by atoms with Crippen LogP contribution in [0.2, 0.25) is 0 Å². The zero-order valence-electron chi connectivity index (χ0n) is 9.97. The Labute approximate surface area is 119 Å². The molecule has 0 radical (unpaired) electrons. The van der Waals surface area contributed by atoms with Crippen LogP contribution in [0.25, 0.3) is 22.2 Å². The van der Waals surface area contributed by atoms with E-state index < -0.39 is 0 Å². The van der Waals surface area contributed by atoms with E-state index in [0.29, 0.717) is 5.56 Å². The number of hydrogen-bond acceptors (Lipinski definition) is 2. The molecule has 0 atom stereocenters. The van der Waals surface area contributed by atoms with E-state index in [1.807, 2.05) is 54.6 Å². The van der Waals surface area contributed by atoms with Crippen LogP contribution in [0.4, 0.5) is 0 Å². The second-order valence-corrected chi connectivity index (χ2v) is 5.11. The van der Waals surface area contributed by atoms with E-state index in [1.54, 1.807) is 0 Å². The predicted octanol–water partition coefficient (Wildman–Crippen LogP) is 4.54. The van der Waals surface area contributed by atoms with Gasteiger partial charge in [-0.05, 0) is 24.3 Å². The summed E-state index contributed by atoms with van der Waals surface area (Å²) in [5.41, 5.74) is 3.32. The van der Waals surface area contributed by atoms with Crippen LogP contribution in [-0.2, 0) is 0 Å². The van der Waals surface area contributed by atoms with Crippen LogP contribution in [0.3, 0.4) is 0 Å². The van der Waals surface area contributed by atoms with Crippen molar-refractivity contribution in [1.29, 1.82) is 5.26 Å². The molecule has 3 heteroatoms. The molecule has 0 aliphatic carbocycles. The van der Waals surface area contributed by atoms with Crippen LogP contribution in [0.1, 0.15) is 5.56 Å². The molecule has 0 saturated heterocycles. The smallest absolute Gasteiger partial charge is 0.0999 e. The zero-order chi connectivity index (χ0) is 13.2. The molecule has 2 nitrogen and oxygen atoms in total. The van der Waals surface area contributed by atoms with Gasteiger partial charge in [0, 0.05) is 15.4 Å². The second kappa shape index (κ2) is 4.83. The van der Waals surface area contributed by atoms with Gasteiger partial charge in [0.25, 0.3) is 0 Å². The Kier molecular flexibility index (Phi) is 3.02. The average Bonchev–Trinajstić information content (AvgIpc) is 2.47. The molecule has 0 bridgehead atoms. The number of nitrogens with zero attached hydrogens (tertiary/aromatic N) is 2. The lowest BCUT2D eigenvalue weighted by molar-refractivity contribution is 1.38. The normalized spacial score (nSPS) is 10.3. The molecule has 19 heavy (non-hydrogen) atoms. The quantitative estimate of drug-likeness (QED) is 0.662. The van der Waals surface area contributed by atoms with E-state index in [2.05, 4.69) is 27.0 Å². The molecule has 0 unspecified atom stereocenters. The second-order valence-electron chi connectivity index (χ2n) is 4.19. The molecule has 0 saturated carbocycles. The van der Waals surface area contributed by atoms with Crippen molar-refractivity contribution in [3.05, 3.63) is 64.6 Å². The Morgan fingerprint density at radius 2 is 1.79 bits per heavy atom. The number of halogens is 1. The lowest BCUT2D eigenvalue weighted by Crippen LogP contribution is -1.89. The van der Waals surface area contributed by atoms with Crippen molar-refractivity contribution in [2.24, 2.45) is 0 Å². The van der Waals surface area contributed by atoms with Gasteiger partial charge in [-0.1, -0.05) is 46.3 Å². The third-order valence-corrected chi connectivity index (χ3v) is 3.45. The first kappa shape index (κ1) is 11.9. The summed E-state index contributed by atoms with van der Waals surface area (Å²) in [5.74, 6) is 0. The van der Waals surface area contributed by atoms with Crippen LogP contribution in [0, 0.1) is 11.3 Å². The minimum atomic E-state index is 0.644. The molecule has 1 aromatic heterocycles. The summed E-state index contributed by atoms with van der Waals surface area (Å²) in [6.07, 6.45) is 0. The molecule has 0 amide bonds. The number of hydrogen-bond donors (Lipinski definition) is 0. The highest BCUT2D eigenvalue weighted by molar-refractivity contribution is 9.10. The zero-order valence-corrected chi connectivity index (χ0v) is 11.6. The van der Waals surface area contributed by atoms with Crippen molar-refractivity contribution < 1.29 is 0 Å². The first-order valence-electron chi connectivity index (χ1n) is 5.84. The minimum absolute atomic E-state index is 0.644. The monoisotopic (exact) mass is 308 g/mol. The molecule has 0 fully saturated rings. The van der Waals surface area contributed by atoms with Gasteiger partial charge in [0.05, 0.1) is 22.8 Å². The van der Waals surface area contributed by atoms with Crippen molar-refractivity contribution in [3.8, 4) is 17.3 Å². The highest BCUT2D eigenvalue weighted by atomic mass is 79.9. The molecule has 0 aliphatic heterocycles. The van der Waals surface area contributed by atoms with E-state index >= 15 is 0 Å². The van der Waals surface area contributed by atoms with Crippen molar-refractivity contribution in [2.45, 2.75) is 0 Å². The Hall–Kier alpha value is -2.18. The summed E-state index contributed by atoms with van der Waals surface area (Å²) < 4.78 is 0.950. The number of nitriles is 1. The molecule has 2 aromatic carbocycles. The third kappa shape index (κ3) is 2.23. The van der Waals surface area contributed by atoms with Gasteiger partial charge in [0.2, 0.25) is 0 Å². The summed E-state index contributed by atoms with van der Waals surface area (Å²) in [6.45, 7) is 0. The third-order valence-electron chi connectivity index (χ3n) is 2.96. The van der Waals surface area contributed by atoms with E-state index in [1.165, 1.54) is 0 Å². The predicted molar refractivity (Wildman–Crippen MR) is 79.6 cm³/mol. The fourth-order valence-corrected chi connectivity index (χ4v) is 2.41. The topological polar surface area (TPSA) is 36.7 Å². The molecule has 0 aliphatic rings. The largest absolute Gasteiger partial charge is 0.248 e. The average molecular weight is 309 g/mol. The maximum absolute atomic E-state index is 9.30. The summed E-state index contributed by atoms with van der Waals surface area (Å²) in [7, 11) is 0. The van der Waals surface area contributed by atoms with Crippen molar-refractivity contribution in [2.75, 3.05) is 0 Å². The van der Waals surface area contributed by atoms with Gasteiger partial charge in [0.1, 0.15) is 0 Å². The number of rotatable bonds is 1. The number of fused-ring (bicyclic) bond motifs is 1. The summed E-state index contributed by atoms with van der Waals surface area (Å²) in [4.78, 5) is 4.62. The van der Waals surface area contributed by atoms with Crippen LogP contribution < -0.4 is 0 Å². The number of pyridine rings is 1. The molecule has 90 valence electrons. The van der Waals surface area contributed by atoms with Gasteiger partial charge in [-0.2, -0.15) is 5.26 Å². The molecular weight excluding hydrogens is 300 g/mol. The van der Waals surface area contributed by atoms with Crippen LogP contribution in [-0.4, -0.2) is 4.98 Å². The van der Waals surface area contributed by atoms with E-state index in [9.17, 15) is 5.26 Å². The van der Waals surface area contributed by atoms with Crippen LogP contribution in [0.5, 0.6) is 0 Å². The molecule has 0 spiro atoms. The van der Waals surface area contributed by atoms with Crippen molar-refractivity contribution >= 4 is 26.8 Å². The number of benzene rings is 2. The van der Waals surface area contributed by atoms with Crippen molar-refractivity contribution in [1.82, 2.24) is 4.98 Å². The summed E-state index contributed by atoms with van der Waals surface area (Å²) in [5, 5.41) is 10.2. The minimum Gasteiger partial charge on any atom is -0.248 e. The fraction of sp³-hybridized carbons (Fsp3) is 0. The maximum atomic E-state index is 9.30. The molecule has 0 N–H and O–H groups in total. The standard InChI is InChI=1S/C16H9BrN2/c17-13-6-7-15-14(9-13)12(10-18)8-16(19-15)11-4-2-1-3-5-11/h1-9H. The van der Waals surface area contributed by atoms with Crippen molar-refractivity contribution in [3.63, 3.8) is 0 Å². The number of aromatic nitrogens is 1.